The Bertz CT molecular complexity index is 201. The summed E-state index contributed by atoms with van der Waals surface area (Å²) in [6.07, 6.45) is 3.30. The molecule has 0 aromatic carbocycles. The van der Waals surface area contributed by atoms with Crippen molar-refractivity contribution in [2.24, 2.45) is 11.1 Å². The minimum absolute atomic E-state index is 0.109. The Balaban J connectivity index is 4.37. The molecule has 0 bridgehead atoms. The largest absolute Gasteiger partial charge is 0.376 e. The summed E-state index contributed by atoms with van der Waals surface area (Å²) in [6.45, 7) is 10.5. The van der Waals surface area contributed by atoms with Crippen molar-refractivity contribution in [2.75, 3.05) is 0 Å². The van der Waals surface area contributed by atoms with Gasteiger partial charge in [-0.1, -0.05) is 33.8 Å². The van der Waals surface area contributed by atoms with Gasteiger partial charge in [0.05, 0.1) is 0 Å². The molecule has 0 aromatic rings. The van der Waals surface area contributed by atoms with Crippen molar-refractivity contribution in [3.8, 4) is 0 Å². The Kier molecular flexibility index (Phi) is 4.99. The van der Waals surface area contributed by atoms with Gasteiger partial charge in [0.15, 0.2) is 5.11 Å². The first-order valence-electron chi connectivity index (χ1n) is 4.72. The number of thiocarbonyl (C=S) groups is 1. The molecule has 0 aromatic heterocycles. The van der Waals surface area contributed by atoms with Crippen LogP contribution < -0.4 is 11.1 Å². The minimum atomic E-state index is 0.109. The Morgan fingerprint density at radius 3 is 2.38 bits per heavy atom. The smallest absolute Gasteiger partial charge is 0.167 e. The molecule has 0 amide bonds. The maximum Gasteiger partial charge on any atom is 0.167 e. The van der Waals surface area contributed by atoms with Gasteiger partial charge in [0.2, 0.25) is 0 Å². The Hall–Kier alpha value is -0.570. The highest BCUT2D eigenvalue weighted by molar-refractivity contribution is 7.80. The van der Waals surface area contributed by atoms with Crippen molar-refractivity contribution in [1.29, 1.82) is 0 Å². The first kappa shape index (κ1) is 12.4. The molecule has 1 atom stereocenters. The van der Waals surface area contributed by atoms with Gasteiger partial charge in [-0.05, 0) is 25.1 Å². The number of rotatable bonds is 5. The fraction of sp³-hybridized carbons (Fsp3) is 0.700. The summed E-state index contributed by atoms with van der Waals surface area (Å²) < 4.78 is 0. The van der Waals surface area contributed by atoms with Crippen LogP contribution in [0.15, 0.2) is 12.3 Å². The van der Waals surface area contributed by atoms with E-state index in [4.69, 9.17) is 18.0 Å². The van der Waals surface area contributed by atoms with Crippen molar-refractivity contribution in [3.05, 3.63) is 12.3 Å². The average Bonchev–Trinajstić information content (AvgIpc) is 2.03. The minimum Gasteiger partial charge on any atom is -0.376 e. The van der Waals surface area contributed by atoms with Crippen LogP contribution in [0.25, 0.3) is 0 Å². The molecule has 0 saturated heterocycles. The maximum absolute atomic E-state index is 5.40. The second-order valence-electron chi connectivity index (χ2n) is 3.63. The highest BCUT2D eigenvalue weighted by Gasteiger charge is 2.24. The lowest BCUT2D eigenvalue weighted by Gasteiger charge is -2.30. The quantitative estimate of drug-likeness (QED) is 0.670. The molecule has 0 rings (SSSR count). The second kappa shape index (κ2) is 5.22. The van der Waals surface area contributed by atoms with Crippen molar-refractivity contribution in [2.45, 2.75) is 40.0 Å². The molecule has 3 N–H and O–H groups in total. The van der Waals surface area contributed by atoms with E-state index in [1.807, 2.05) is 0 Å². The second-order valence-corrected chi connectivity index (χ2v) is 4.07. The molecule has 0 spiro atoms. The van der Waals surface area contributed by atoms with Gasteiger partial charge in [0.1, 0.15) is 0 Å². The van der Waals surface area contributed by atoms with Crippen LogP contribution in [-0.2, 0) is 0 Å². The molecule has 2 nitrogen and oxygen atoms in total. The monoisotopic (exact) mass is 200 g/mol. The first-order chi connectivity index (χ1) is 5.96. The topological polar surface area (TPSA) is 38.0 Å². The number of allylic oxidation sites excluding steroid dienone is 1. The van der Waals surface area contributed by atoms with E-state index in [2.05, 4.69) is 32.7 Å². The zero-order chi connectivity index (χ0) is 10.5. The van der Waals surface area contributed by atoms with Crippen molar-refractivity contribution in [3.63, 3.8) is 0 Å². The third-order valence-electron chi connectivity index (χ3n) is 2.58. The summed E-state index contributed by atoms with van der Waals surface area (Å²) in [5.41, 5.74) is 6.44. The molecule has 0 aliphatic carbocycles. The van der Waals surface area contributed by atoms with Crippen LogP contribution in [-0.4, -0.2) is 5.11 Å². The SMILES string of the molecule is C=C(NC(N)=S)C(C)(CC)CCC. The third-order valence-corrected chi connectivity index (χ3v) is 2.69. The van der Waals surface area contributed by atoms with E-state index in [9.17, 15) is 0 Å². The van der Waals surface area contributed by atoms with E-state index >= 15 is 0 Å². The van der Waals surface area contributed by atoms with Gasteiger partial charge in [-0.15, -0.1) is 0 Å². The van der Waals surface area contributed by atoms with Crippen LogP contribution in [0.5, 0.6) is 0 Å². The molecule has 13 heavy (non-hydrogen) atoms. The van der Waals surface area contributed by atoms with Crippen molar-refractivity contribution >= 4 is 17.3 Å². The first-order valence-corrected chi connectivity index (χ1v) is 5.13. The highest BCUT2D eigenvalue weighted by atomic mass is 32.1. The number of nitrogens with two attached hydrogens (primary N) is 1. The summed E-state index contributed by atoms with van der Waals surface area (Å²) in [5.74, 6) is 0. The van der Waals surface area contributed by atoms with Crippen molar-refractivity contribution < 1.29 is 0 Å². The molecule has 0 aliphatic rings. The summed E-state index contributed by atoms with van der Waals surface area (Å²) >= 11 is 4.78. The Labute approximate surface area is 86.6 Å². The zero-order valence-corrected chi connectivity index (χ0v) is 9.63. The molecular formula is C10H20N2S. The lowest BCUT2D eigenvalue weighted by molar-refractivity contribution is 0.337. The molecule has 0 radical (unpaired) electrons. The fourth-order valence-corrected chi connectivity index (χ4v) is 1.52. The normalized spacial score (nSPS) is 14.7. The lowest BCUT2D eigenvalue weighted by Crippen LogP contribution is -2.35. The van der Waals surface area contributed by atoms with Crippen molar-refractivity contribution in [1.82, 2.24) is 5.32 Å². The molecule has 0 heterocycles. The third kappa shape index (κ3) is 3.77. The van der Waals surface area contributed by atoms with Gasteiger partial charge in [-0.2, -0.15) is 0 Å². The van der Waals surface area contributed by atoms with Crippen LogP contribution in [0, 0.1) is 5.41 Å². The standard InChI is InChI=1S/C10H20N2S/c1-5-7-10(4,6-2)8(3)12-9(11)13/h3,5-7H2,1-2,4H3,(H3,11,12,13). The zero-order valence-electron chi connectivity index (χ0n) is 8.81. The van der Waals surface area contributed by atoms with Crippen LogP contribution in [0.1, 0.15) is 40.0 Å². The predicted molar refractivity (Wildman–Crippen MR) is 62.4 cm³/mol. The maximum atomic E-state index is 5.40. The van der Waals surface area contributed by atoms with Gasteiger partial charge in [-0.3, -0.25) is 0 Å². The Morgan fingerprint density at radius 2 is 2.08 bits per heavy atom. The highest BCUT2D eigenvalue weighted by Crippen LogP contribution is 2.33. The van der Waals surface area contributed by atoms with E-state index in [0.717, 1.165) is 25.0 Å². The number of hydrogen-bond donors (Lipinski definition) is 2. The van der Waals surface area contributed by atoms with E-state index in [1.54, 1.807) is 0 Å². The summed E-state index contributed by atoms with van der Waals surface area (Å²) in [6, 6.07) is 0. The molecule has 76 valence electrons. The molecule has 0 saturated carbocycles. The van der Waals surface area contributed by atoms with Gasteiger partial charge in [0, 0.05) is 11.1 Å². The Morgan fingerprint density at radius 1 is 1.54 bits per heavy atom. The van der Waals surface area contributed by atoms with E-state index in [-0.39, 0.29) is 5.41 Å². The number of nitrogens with one attached hydrogen (secondary N) is 1. The van der Waals surface area contributed by atoms with Crippen LogP contribution in [0.2, 0.25) is 0 Å². The summed E-state index contributed by atoms with van der Waals surface area (Å²) in [5, 5.41) is 3.24. The van der Waals surface area contributed by atoms with E-state index < -0.39 is 0 Å². The fourth-order valence-electron chi connectivity index (χ4n) is 1.39. The van der Waals surface area contributed by atoms with Crippen LogP contribution in [0.3, 0.4) is 0 Å². The van der Waals surface area contributed by atoms with E-state index in [1.165, 1.54) is 0 Å². The predicted octanol–water partition coefficient (Wildman–Crippen LogP) is 2.55. The van der Waals surface area contributed by atoms with E-state index in [0.29, 0.717) is 5.11 Å². The van der Waals surface area contributed by atoms with Gasteiger partial charge in [0.25, 0.3) is 0 Å². The van der Waals surface area contributed by atoms with Crippen LogP contribution >= 0.6 is 12.2 Å². The summed E-state index contributed by atoms with van der Waals surface area (Å²) in [7, 11) is 0. The molecular weight excluding hydrogens is 180 g/mol. The van der Waals surface area contributed by atoms with Gasteiger partial charge in [-0.25, -0.2) is 0 Å². The lowest BCUT2D eigenvalue weighted by atomic mass is 9.80. The van der Waals surface area contributed by atoms with Crippen LogP contribution in [0.4, 0.5) is 0 Å². The summed E-state index contributed by atoms with van der Waals surface area (Å²) in [4.78, 5) is 0. The molecule has 1 unspecified atom stereocenters. The number of hydrogen-bond acceptors (Lipinski definition) is 1. The average molecular weight is 200 g/mol. The van der Waals surface area contributed by atoms with Gasteiger partial charge >= 0.3 is 0 Å². The van der Waals surface area contributed by atoms with Gasteiger partial charge < -0.3 is 11.1 Å². The molecule has 0 fully saturated rings. The molecule has 0 aliphatic heterocycles. The molecule has 3 heteroatoms.